The summed E-state index contributed by atoms with van der Waals surface area (Å²) in [5.41, 5.74) is 12.5. The molecule has 0 aliphatic carbocycles. The van der Waals surface area contributed by atoms with E-state index in [4.69, 9.17) is 14.7 Å². The van der Waals surface area contributed by atoms with Crippen LogP contribution in [0.4, 0.5) is 0 Å². The Morgan fingerprint density at radius 3 is 1.64 bits per heavy atom. The minimum Gasteiger partial charge on any atom is -0.515 e. The SMILES string of the molecule is [Ir+3].[Pt+2].[c-]1cc(-c2ccccc2-c2cc(CCc3c[c-]c(-c4ccccn4)cc3)nc(CCc3c[c-]c(-c4ccccn4)cc3)n2)c(Oc2[c-]c(-c3ccccn3)ccc2)[c-]c1-c1ncccn1. The molecule has 0 saturated carbocycles. The van der Waals surface area contributed by atoms with E-state index >= 15 is 0 Å². The number of benzene rings is 5. The number of hydrogen-bond acceptors (Lipinski definition) is 8. The van der Waals surface area contributed by atoms with Crippen molar-refractivity contribution in [3.63, 3.8) is 0 Å². The third kappa shape index (κ3) is 11.5. The maximum absolute atomic E-state index is 6.71. The molecule has 5 aromatic heterocycles. The Morgan fingerprint density at radius 2 is 1.03 bits per heavy atom. The van der Waals surface area contributed by atoms with Crippen LogP contribution in [0, 0.1) is 30.3 Å². The molecule has 0 aliphatic rings. The minimum absolute atomic E-state index is 0. The van der Waals surface area contributed by atoms with Gasteiger partial charge in [0.15, 0.2) is 0 Å². The van der Waals surface area contributed by atoms with Crippen molar-refractivity contribution < 1.29 is 45.9 Å². The number of aromatic nitrogens is 7. The monoisotopic (exact) mass is 1220 g/mol. The van der Waals surface area contributed by atoms with Crippen LogP contribution in [0.25, 0.3) is 67.5 Å². The van der Waals surface area contributed by atoms with Crippen LogP contribution in [0.3, 0.4) is 0 Å². The van der Waals surface area contributed by atoms with Crippen molar-refractivity contribution in [3.8, 4) is 79.0 Å². The molecular weight excluding hydrogens is 1190 g/mol. The zero-order chi connectivity index (χ0) is 43.6. The molecule has 0 radical (unpaired) electrons. The van der Waals surface area contributed by atoms with E-state index in [9.17, 15) is 0 Å². The van der Waals surface area contributed by atoms with Crippen LogP contribution >= 0.6 is 0 Å². The second kappa shape index (κ2) is 22.4. The van der Waals surface area contributed by atoms with Gasteiger partial charge in [-0.15, -0.1) is 100 Å². The van der Waals surface area contributed by atoms with Gasteiger partial charge in [-0.25, -0.2) is 27.7 Å². The summed E-state index contributed by atoms with van der Waals surface area (Å²) in [6.45, 7) is 0. The average Bonchev–Trinajstić information content (AvgIpc) is 3.39. The summed E-state index contributed by atoms with van der Waals surface area (Å²) < 4.78 is 6.71. The van der Waals surface area contributed by atoms with Gasteiger partial charge in [-0.1, -0.05) is 85.1 Å². The summed E-state index contributed by atoms with van der Waals surface area (Å²) in [4.78, 5) is 32.9. The first-order valence-electron chi connectivity index (χ1n) is 21.4. The van der Waals surface area contributed by atoms with Crippen molar-refractivity contribution in [1.82, 2.24) is 34.9 Å². The zero-order valence-corrected chi connectivity index (χ0v) is 40.5. The van der Waals surface area contributed by atoms with Gasteiger partial charge >= 0.3 is 41.2 Å². The summed E-state index contributed by atoms with van der Waals surface area (Å²) in [6.07, 6.45) is 11.6. The van der Waals surface area contributed by atoms with Gasteiger partial charge in [0.2, 0.25) is 0 Å². The van der Waals surface area contributed by atoms with E-state index in [0.717, 1.165) is 91.6 Å². The van der Waals surface area contributed by atoms with E-state index in [1.54, 1.807) is 37.1 Å². The number of ether oxygens (including phenoxy) is 1. The second-order valence-electron chi connectivity index (χ2n) is 15.2. The fraction of sp³-hybridized carbons (Fsp3) is 0.0702. The van der Waals surface area contributed by atoms with Gasteiger partial charge < -0.3 is 29.7 Å². The fourth-order valence-corrected chi connectivity index (χ4v) is 7.53. The standard InChI is InChI=1S/C57H38N7O.Ir.Pt/c1-2-14-49(48(13-1)50-30-28-45(57-61-35-10-36-62-57)38-55(50)65-47-12-9-11-44(37-47)53-17-5-8-34-60-53)54-39-46(29-22-40-18-24-42(25-19-40)51-15-3-6-32-58-51)63-56(64-54)31-23-41-20-26-43(27-21-41)52-16-4-7-33-59-52;;/h1-21,24,26,30,32-36,39H,22-23,29,31H2;;/q-5;+3;+2. The van der Waals surface area contributed by atoms with Crippen LogP contribution in [-0.2, 0) is 66.9 Å². The van der Waals surface area contributed by atoms with Crippen LogP contribution in [0.5, 0.6) is 11.5 Å². The number of rotatable bonds is 14. The van der Waals surface area contributed by atoms with E-state index < -0.39 is 0 Å². The summed E-state index contributed by atoms with van der Waals surface area (Å²) in [7, 11) is 0. The first-order chi connectivity index (χ1) is 32.2. The normalized spacial score (nSPS) is 10.7. The van der Waals surface area contributed by atoms with Crippen LogP contribution in [-0.4, -0.2) is 34.9 Å². The Hall–Kier alpha value is -7.15. The molecule has 0 N–H and O–H groups in total. The molecule has 0 aliphatic heterocycles. The molecule has 10 aromatic rings. The molecule has 67 heavy (non-hydrogen) atoms. The maximum Gasteiger partial charge on any atom is 3.00 e. The van der Waals surface area contributed by atoms with E-state index in [-0.39, 0.29) is 41.2 Å². The van der Waals surface area contributed by atoms with Gasteiger partial charge in [0, 0.05) is 48.8 Å². The maximum atomic E-state index is 6.71. The molecule has 0 fully saturated rings. The zero-order valence-electron chi connectivity index (χ0n) is 35.8. The van der Waals surface area contributed by atoms with E-state index in [2.05, 4.69) is 104 Å². The predicted molar refractivity (Wildman–Crippen MR) is 252 cm³/mol. The molecule has 5 heterocycles. The molecule has 5 aromatic carbocycles. The van der Waals surface area contributed by atoms with Gasteiger partial charge in [-0.2, -0.15) is 0 Å². The average molecular weight is 1220 g/mol. The smallest absolute Gasteiger partial charge is 0.515 e. The van der Waals surface area contributed by atoms with Crippen molar-refractivity contribution >= 4 is 0 Å². The Kier molecular flexibility index (Phi) is 15.5. The Balaban J connectivity index is 0.00000304. The van der Waals surface area contributed by atoms with Crippen molar-refractivity contribution in [2.45, 2.75) is 25.7 Å². The van der Waals surface area contributed by atoms with Gasteiger partial charge in [0.1, 0.15) is 5.82 Å². The van der Waals surface area contributed by atoms with E-state index in [1.807, 2.05) is 97.1 Å². The first kappa shape index (κ1) is 46.4. The summed E-state index contributed by atoms with van der Waals surface area (Å²) in [6, 6.07) is 67.0. The second-order valence-corrected chi connectivity index (χ2v) is 15.2. The van der Waals surface area contributed by atoms with Crippen LogP contribution in [0.1, 0.15) is 22.6 Å². The molecule has 0 spiro atoms. The molecule has 10 heteroatoms. The predicted octanol–water partition coefficient (Wildman–Crippen LogP) is 11.8. The van der Waals surface area contributed by atoms with Gasteiger partial charge in [0.25, 0.3) is 0 Å². The largest absolute Gasteiger partial charge is 3.00 e. The molecule has 326 valence electrons. The van der Waals surface area contributed by atoms with Gasteiger partial charge in [0.05, 0.1) is 5.69 Å². The van der Waals surface area contributed by atoms with Crippen molar-refractivity contribution in [2.75, 3.05) is 0 Å². The number of nitrogens with zero attached hydrogens (tertiary/aromatic N) is 7. The Bertz CT molecular complexity index is 3060. The van der Waals surface area contributed by atoms with Crippen LogP contribution in [0.15, 0.2) is 183 Å². The summed E-state index contributed by atoms with van der Waals surface area (Å²) >= 11 is 0. The Labute approximate surface area is 418 Å². The molecule has 10 rings (SSSR count). The van der Waals surface area contributed by atoms with Gasteiger partial charge in [-0.3, -0.25) is 6.07 Å². The number of hydrogen-bond donors (Lipinski definition) is 0. The minimum atomic E-state index is 0. The number of pyridine rings is 3. The van der Waals surface area contributed by atoms with Crippen LogP contribution in [0.2, 0.25) is 0 Å². The number of aryl methyl sites for hydroxylation is 4. The van der Waals surface area contributed by atoms with Crippen molar-refractivity contribution in [2.24, 2.45) is 0 Å². The van der Waals surface area contributed by atoms with E-state index in [1.165, 1.54) is 0 Å². The topological polar surface area (TPSA) is 99.5 Å². The third-order valence-electron chi connectivity index (χ3n) is 10.8. The summed E-state index contributed by atoms with van der Waals surface area (Å²) in [5.74, 6) is 2.22. The van der Waals surface area contributed by atoms with Crippen LogP contribution < -0.4 is 4.74 Å². The molecule has 0 saturated heterocycles. The van der Waals surface area contributed by atoms with Crippen molar-refractivity contribution in [1.29, 1.82) is 0 Å². The fourth-order valence-electron chi connectivity index (χ4n) is 7.53. The third-order valence-corrected chi connectivity index (χ3v) is 10.8. The molecule has 8 nitrogen and oxygen atoms in total. The van der Waals surface area contributed by atoms with Gasteiger partial charge in [-0.05, 0) is 71.0 Å². The van der Waals surface area contributed by atoms with Crippen molar-refractivity contribution in [3.05, 3.63) is 236 Å². The quantitative estimate of drug-likeness (QED) is 0.0993. The molecule has 0 amide bonds. The molecular formula is C57H38IrN7OPt. The molecule has 0 atom stereocenters. The molecule has 0 bridgehead atoms. The summed E-state index contributed by atoms with van der Waals surface area (Å²) in [5, 5.41) is 0. The molecule has 0 unspecified atom stereocenters. The van der Waals surface area contributed by atoms with E-state index in [0.29, 0.717) is 35.7 Å². The Morgan fingerprint density at radius 1 is 0.433 bits per heavy atom. The first-order valence-corrected chi connectivity index (χ1v) is 21.4.